The molecule has 0 aliphatic carbocycles. The van der Waals surface area contributed by atoms with Gasteiger partial charge in [0, 0.05) is 6.20 Å². The van der Waals surface area contributed by atoms with Crippen molar-refractivity contribution in [3.8, 4) is 5.69 Å². The van der Waals surface area contributed by atoms with E-state index in [-0.39, 0.29) is 17.9 Å². The summed E-state index contributed by atoms with van der Waals surface area (Å²) >= 11 is 0. The number of hydrogen-bond donors (Lipinski definition) is 2. The number of aromatic nitrogens is 2. The summed E-state index contributed by atoms with van der Waals surface area (Å²) in [5, 5.41) is 15.4. The van der Waals surface area contributed by atoms with Gasteiger partial charge in [-0.15, -0.1) is 0 Å². The van der Waals surface area contributed by atoms with Crippen molar-refractivity contribution in [1.29, 1.82) is 0 Å². The molecule has 0 spiro atoms. The number of amides is 1. The van der Waals surface area contributed by atoms with Gasteiger partial charge in [-0.3, -0.25) is 4.79 Å². The first-order valence-corrected chi connectivity index (χ1v) is 6.78. The molecule has 7 heteroatoms. The molecule has 1 atom stereocenters. The SMILES string of the molecule is CCC(NC(=O)c1ccn(-c2ccc(F)cc2C)n1)C(=O)O. The second kappa shape index (κ2) is 6.38. The van der Waals surface area contributed by atoms with E-state index in [0.717, 1.165) is 0 Å². The Morgan fingerprint density at radius 3 is 2.73 bits per heavy atom. The van der Waals surface area contributed by atoms with Crippen molar-refractivity contribution in [1.82, 2.24) is 15.1 Å². The van der Waals surface area contributed by atoms with E-state index >= 15 is 0 Å². The lowest BCUT2D eigenvalue weighted by molar-refractivity contribution is -0.139. The summed E-state index contributed by atoms with van der Waals surface area (Å²) in [5.41, 5.74) is 1.42. The fourth-order valence-electron chi connectivity index (χ4n) is 2.03. The highest BCUT2D eigenvalue weighted by Gasteiger charge is 2.20. The first-order valence-electron chi connectivity index (χ1n) is 6.78. The number of halogens is 1. The van der Waals surface area contributed by atoms with Crippen LogP contribution in [0.15, 0.2) is 30.5 Å². The molecule has 116 valence electrons. The summed E-state index contributed by atoms with van der Waals surface area (Å²) in [5.74, 6) is -2.00. The van der Waals surface area contributed by atoms with Crippen molar-refractivity contribution < 1.29 is 19.1 Å². The van der Waals surface area contributed by atoms with Crippen molar-refractivity contribution in [2.45, 2.75) is 26.3 Å². The molecule has 0 saturated heterocycles. The molecule has 2 rings (SSSR count). The Bertz CT molecular complexity index is 712. The van der Waals surface area contributed by atoms with E-state index < -0.39 is 17.9 Å². The molecule has 1 aromatic carbocycles. The van der Waals surface area contributed by atoms with Crippen molar-refractivity contribution >= 4 is 11.9 Å². The zero-order chi connectivity index (χ0) is 16.3. The van der Waals surface area contributed by atoms with Crippen LogP contribution in [0.1, 0.15) is 29.4 Å². The van der Waals surface area contributed by atoms with Crippen LogP contribution in [0.4, 0.5) is 4.39 Å². The number of carbonyl (C=O) groups excluding carboxylic acids is 1. The predicted octanol–water partition coefficient (Wildman–Crippen LogP) is 1.91. The lowest BCUT2D eigenvalue weighted by Crippen LogP contribution is -2.40. The van der Waals surface area contributed by atoms with E-state index in [1.54, 1.807) is 26.1 Å². The van der Waals surface area contributed by atoms with Crippen molar-refractivity contribution in [3.05, 3.63) is 47.5 Å². The van der Waals surface area contributed by atoms with Gasteiger partial charge in [0.25, 0.3) is 5.91 Å². The number of aliphatic carboxylic acids is 1. The average Bonchev–Trinajstić information content (AvgIpc) is 2.93. The van der Waals surface area contributed by atoms with Gasteiger partial charge in [-0.1, -0.05) is 6.92 Å². The molecule has 1 aromatic heterocycles. The molecule has 0 aliphatic rings. The third-order valence-corrected chi connectivity index (χ3v) is 3.24. The molecule has 2 aromatic rings. The van der Waals surface area contributed by atoms with Crippen LogP contribution in [0, 0.1) is 12.7 Å². The number of benzene rings is 1. The van der Waals surface area contributed by atoms with Crippen LogP contribution in [0.5, 0.6) is 0 Å². The summed E-state index contributed by atoms with van der Waals surface area (Å²) in [7, 11) is 0. The predicted molar refractivity (Wildman–Crippen MR) is 77.4 cm³/mol. The Labute approximate surface area is 126 Å². The quantitative estimate of drug-likeness (QED) is 0.884. The van der Waals surface area contributed by atoms with E-state index in [2.05, 4.69) is 10.4 Å². The van der Waals surface area contributed by atoms with E-state index in [4.69, 9.17) is 5.11 Å². The first-order chi connectivity index (χ1) is 10.4. The standard InChI is InChI=1S/C15H16FN3O3/c1-3-11(15(21)22)17-14(20)12-6-7-19(18-12)13-5-4-10(16)8-9(13)2/h4-8,11H,3H2,1-2H3,(H,17,20)(H,21,22). The molecule has 0 aliphatic heterocycles. The van der Waals surface area contributed by atoms with Gasteiger partial charge in [0.1, 0.15) is 11.9 Å². The molecule has 0 radical (unpaired) electrons. The lowest BCUT2D eigenvalue weighted by Gasteiger charge is -2.10. The molecule has 1 amide bonds. The highest BCUT2D eigenvalue weighted by atomic mass is 19.1. The lowest BCUT2D eigenvalue weighted by atomic mass is 10.2. The number of rotatable bonds is 5. The van der Waals surface area contributed by atoms with Gasteiger partial charge in [0.15, 0.2) is 5.69 Å². The maximum atomic E-state index is 13.1. The van der Waals surface area contributed by atoms with Crippen molar-refractivity contribution in [2.24, 2.45) is 0 Å². The summed E-state index contributed by atoms with van der Waals surface area (Å²) in [6.45, 7) is 3.40. The topological polar surface area (TPSA) is 84.2 Å². The molecule has 1 heterocycles. The van der Waals surface area contributed by atoms with Gasteiger partial charge >= 0.3 is 5.97 Å². The number of carboxylic acid groups (broad SMARTS) is 1. The first kappa shape index (κ1) is 15.7. The van der Waals surface area contributed by atoms with Gasteiger partial charge in [-0.25, -0.2) is 13.9 Å². The van der Waals surface area contributed by atoms with Crippen LogP contribution in [0.3, 0.4) is 0 Å². The molecule has 1 unspecified atom stereocenters. The van der Waals surface area contributed by atoms with Crippen LogP contribution >= 0.6 is 0 Å². The molecule has 22 heavy (non-hydrogen) atoms. The van der Waals surface area contributed by atoms with Crippen LogP contribution < -0.4 is 5.32 Å². The number of nitrogens with one attached hydrogen (secondary N) is 1. The minimum atomic E-state index is -1.09. The van der Waals surface area contributed by atoms with Gasteiger partial charge < -0.3 is 10.4 Å². The minimum absolute atomic E-state index is 0.100. The minimum Gasteiger partial charge on any atom is -0.480 e. The van der Waals surface area contributed by atoms with Gasteiger partial charge in [0.05, 0.1) is 5.69 Å². The average molecular weight is 305 g/mol. The summed E-state index contributed by atoms with van der Waals surface area (Å²) in [6.07, 6.45) is 1.84. The zero-order valence-corrected chi connectivity index (χ0v) is 12.2. The van der Waals surface area contributed by atoms with Crippen LogP contribution in [0.2, 0.25) is 0 Å². The van der Waals surface area contributed by atoms with Crippen LogP contribution in [0.25, 0.3) is 5.69 Å². The molecule has 2 N–H and O–H groups in total. The van der Waals surface area contributed by atoms with E-state index in [1.165, 1.54) is 22.9 Å². The van der Waals surface area contributed by atoms with Crippen LogP contribution in [-0.4, -0.2) is 32.8 Å². The number of nitrogens with zero attached hydrogens (tertiary/aromatic N) is 2. The summed E-state index contributed by atoms with van der Waals surface area (Å²) in [4.78, 5) is 22.9. The zero-order valence-electron chi connectivity index (χ0n) is 12.2. The monoisotopic (exact) mass is 305 g/mol. The second-order valence-corrected chi connectivity index (χ2v) is 4.85. The highest BCUT2D eigenvalue weighted by molar-refractivity contribution is 5.94. The highest BCUT2D eigenvalue weighted by Crippen LogP contribution is 2.15. The molecule has 6 nitrogen and oxygen atoms in total. The van der Waals surface area contributed by atoms with Crippen molar-refractivity contribution in [2.75, 3.05) is 0 Å². The van der Waals surface area contributed by atoms with Gasteiger partial charge in [0.2, 0.25) is 0 Å². The number of hydrogen-bond acceptors (Lipinski definition) is 3. The van der Waals surface area contributed by atoms with Crippen molar-refractivity contribution in [3.63, 3.8) is 0 Å². The fraction of sp³-hybridized carbons (Fsp3) is 0.267. The third-order valence-electron chi connectivity index (χ3n) is 3.24. The number of carboxylic acids is 1. The molecule has 0 fully saturated rings. The summed E-state index contributed by atoms with van der Waals surface area (Å²) in [6, 6.07) is 4.76. The van der Waals surface area contributed by atoms with E-state index in [9.17, 15) is 14.0 Å². The number of carbonyl (C=O) groups is 2. The Hall–Kier alpha value is -2.70. The number of aryl methyl sites for hydroxylation is 1. The Morgan fingerprint density at radius 1 is 1.41 bits per heavy atom. The Balaban J connectivity index is 2.20. The molecular formula is C15H16FN3O3. The molecule has 0 saturated carbocycles. The summed E-state index contributed by atoms with van der Waals surface area (Å²) < 4.78 is 14.6. The smallest absolute Gasteiger partial charge is 0.326 e. The van der Waals surface area contributed by atoms with E-state index in [0.29, 0.717) is 11.3 Å². The molecule has 0 bridgehead atoms. The van der Waals surface area contributed by atoms with Crippen LogP contribution in [-0.2, 0) is 4.79 Å². The van der Waals surface area contributed by atoms with Gasteiger partial charge in [-0.2, -0.15) is 5.10 Å². The fourth-order valence-corrected chi connectivity index (χ4v) is 2.03. The molecular weight excluding hydrogens is 289 g/mol. The largest absolute Gasteiger partial charge is 0.480 e. The maximum absolute atomic E-state index is 13.1. The second-order valence-electron chi connectivity index (χ2n) is 4.85. The Morgan fingerprint density at radius 2 is 2.14 bits per heavy atom. The normalized spacial score (nSPS) is 12.0. The van der Waals surface area contributed by atoms with Gasteiger partial charge in [-0.05, 0) is 43.2 Å². The maximum Gasteiger partial charge on any atom is 0.326 e. The third kappa shape index (κ3) is 3.30. The Kier molecular flexibility index (Phi) is 4.55. The van der Waals surface area contributed by atoms with E-state index in [1.807, 2.05) is 0 Å².